The maximum Gasteiger partial charge on any atom is 0.407 e. The van der Waals surface area contributed by atoms with Crippen LogP contribution in [0.15, 0.2) is 48.8 Å². The summed E-state index contributed by atoms with van der Waals surface area (Å²) in [6, 6.07) is 10.2. The van der Waals surface area contributed by atoms with Crippen molar-refractivity contribution in [1.82, 2.24) is 40.3 Å². The van der Waals surface area contributed by atoms with Gasteiger partial charge >= 0.3 is 6.09 Å². The molecule has 1 fully saturated rings. The van der Waals surface area contributed by atoms with E-state index in [4.69, 9.17) is 0 Å². The number of hydrogen-bond donors (Lipinski definition) is 2. The van der Waals surface area contributed by atoms with E-state index < -0.39 is 23.6 Å². The first-order valence-electron chi connectivity index (χ1n) is 13.2. The maximum atomic E-state index is 14.3. The molecule has 1 unspecified atom stereocenters. The minimum atomic E-state index is -0.979. The van der Waals surface area contributed by atoms with E-state index in [2.05, 4.69) is 30.7 Å². The fourth-order valence-electron chi connectivity index (χ4n) is 5.75. The second-order valence-corrected chi connectivity index (χ2v) is 11.2. The third kappa shape index (κ3) is 4.92. The number of likely N-dealkylation sites (tertiary alicyclic amines) is 1. The van der Waals surface area contributed by atoms with E-state index in [-0.39, 0.29) is 5.91 Å². The topological polar surface area (TPSA) is 146 Å². The first-order valence-corrected chi connectivity index (χ1v) is 13.2. The van der Waals surface area contributed by atoms with E-state index in [9.17, 15) is 14.7 Å². The Labute approximate surface area is 232 Å². The van der Waals surface area contributed by atoms with Crippen LogP contribution in [-0.4, -0.2) is 76.0 Å². The Morgan fingerprint density at radius 2 is 1.90 bits per heavy atom. The Balaban J connectivity index is 1.56. The predicted molar refractivity (Wildman–Crippen MR) is 149 cm³/mol. The average Bonchev–Trinajstić information content (AvgIpc) is 3.59. The van der Waals surface area contributed by atoms with Crippen LogP contribution >= 0.6 is 0 Å². The van der Waals surface area contributed by atoms with Gasteiger partial charge in [-0.25, -0.2) is 9.78 Å². The molecule has 208 valence electrons. The zero-order chi connectivity index (χ0) is 28.6. The predicted octanol–water partition coefficient (Wildman–Crippen LogP) is 4.17. The summed E-state index contributed by atoms with van der Waals surface area (Å²) in [5, 5.41) is 28.7. The van der Waals surface area contributed by atoms with Crippen molar-refractivity contribution in [3.63, 3.8) is 0 Å². The van der Waals surface area contributed by atoms with E-state index >= 15 is 0 Å². The Kier molecular flexibility index (Phi) is 7.09. The number of H-pyrrole nitrogens is 1. The average molecular weight is 544 g/mol. The highest BCUT2D eigenvalue weighted by molar-refractivity contribution is 6.06. The molecule has 2 N–H and O–H groups in total. The van der Waals surface area contributed by atoms with E-state index in [1.165, 1.54) is 4.90 Å². The van der Waals surface area contributed by atoms with Crippen LogP contribution in [0.25, 0.3) is 22.6 Å². The second-order valence-electron chi connectivity index (χ2n) is 11.2. The number of carbonyl (C=O) groups is 2. The number of carbonyl (C=O) groups excluding carboxylic acids is 1. The summed E-state index contributed by atoms with van der Waals surface area (Å²) in [4.78, 5) is 34.4. The lowest BCUT2D eigenvalue weighted by Crippen LogP contribution is -2.63. The number of hydrogen-bond acceptors (Lipinski definition) is 7. The number of anilines is 1. The number of carboxylic acid groups (broad SMARTS) is 1. The van der Waals surface area contributed by atoms with Gasteiger partial charge in [0, 0.05) is 30.9 Å². The molecule has 40 heavy (non-hydrogen) atoms. The zero-order valence-electron chi connectivity index (χ0n) is 23.2. The highest BCUT2D eigenvalue weighted by atomic mass is 16.4. The maximum absolute atomic E-state index is 14.3. The molecule has 3 aromatic heterocycles. The normalized spacial score (nSPS) is 17.6. The molecule has 1 aliphatic heterocycles. The Morgan fingerprint density at radius 1 is 1.15 bits per heavy atom. The van der Waals surface area contributed by atoms with Gasteiger partial charge in [-0.1, -0.05) is 39.0 Å². The van der Waals surface area contributed by atoms with Gasteiger partial charge in [0.25, 0.3) is 5.91 Å². The lowest BCUT2D eigenvalue weighted by atomic mass is 9.77. The van der Waals surface area contributed by atoms with Gasteiger partial charge in [-0.15, -0.1) is 10.2 Å². The van der Waals surface area contributed by atoms with Gasteiger partial charge in [-0.2, -0.15) is 10.3 Å². The molecule has 0 saturated carbocycles. The molecule has 0 spiro atoms. The first kappa shape index (κ1) is 27.0. The third-order valence-electron chi connectivity index (χ3n) is 7.43. The van der Waals surface area contributed by atoms with Crippen molar-refractivity contribution in [2.24, 2.45) is 12.5 Å². The molecular formula is C28H33N9O3. The summed E-state index contributed by atoms with van der Waals surface area (Å²) < 4.78 is 1.68. The highest BCUT2D eigenvalue weighted by Gasteiger charge is 2.46. The van der Waals surface area contributed by atoms with Crippen LogP contribution in [0.5, 0.6) is 0 Å². The van der Waals surface area contributed by atoms with Gasteiger partial charge in [0.1, 0.15) is 11.5 Å². The fraction of sp³-hybridized carbons (Fsp3) is 0.393. The number of aromatic nitrogens is 7. The molecule has 4 aromatic rings. The Bertz CT molecular complexity index is 1510. The quantitative estimate of drug-likeness (QED) is 0.381. The van der Waals surface area contributed by atoms with Crippen molar-refractivity contribution in [3.8, 4) is 22.6 Å². The summed E-state index contributed by atoms with van der Waals surface area (Å²) in [6.07, 6.45) is 3.72. The lowest BCUT2D eigenvalue weighted by Gasteiger charge is -2.50. The van der Waals surface area contributed by atoms with Crippen molar-refractivity contribution in [1.29, 1.82) is 0 Å². The number of benzene rings is 1. The van der Waals surface area contributed by atoms with Crippen LogP contribution in [0.4, 0.5) is 10.6 Å². The molecular weight excluding hydrogens is 510 g/mol. The monoisotopic (exact) mass is 543 g/mol. The SMILES string of the molecule is Cc1cccnc1N(C(=O)c1ccc(-c2cnn(C)c2-c2nn[nH]n2)cc1)[C@@H]1CCCN(C(=O)O)C1C(C)(C)C. The first-order chi connectivity index (χ1) is 19.1. The molecule has 1 aromatic carbocycles. The van der Waals surface area contributed by atoms with Crippen LogP contribution in [0.3, 0.4) is 0 Å². The van der Waals surface area contributed by atoms with Crippen molar-refractivity contribution >= 4 is 17.8 Å². The number of rotatable bonds is 5. The molecule has 1 aliphatic rings. The number of piperidine rings is 1. The second kappa shape index (κ2) is 10.5. The van der Waals surface area contributed by atoms with E-state index in [0.717, 1.165) is 16.7 Å². The molecule has 2 atom stereocenters. The number of amides is 2. The van der Waals surface area contributed by atoms with Crippen LogP contribution < -0.4 is 4.90 Å². The molecule has 12 nitrogen and oxygen atoms in total. The fourth-order valence-corrected chi connectivity index (χ4v) is 5.75. The van der Waals surface area contributed by atoms with E-state index in [1.54, 1.807) is 41.2 Å². The number of nitrogens with one attached hydrogen (secondary N) is 1. The summed E-state index contributed by atoms with van der Waals surface area (Å²) in [7, 11) is 1.80. The largest absolute Gasteiger partial charge is 0.465 e. The van der Waals surface area contributed by atoms with Gasteiger partial charge in [-0.3, -0.25) is 14.4 Å². The van der Waals surface area contributed by atoms with E-state index in [0.29, 0.717) is 42.3 Å². The lowest BCUT2D eigenvalue weighted by molar-refractivity contribution is 0.0431. The van der Waals surface area contributed by atoms with Gasteiger partial charge in [0.2, 0.25) is 5.82 Å². The van der Waals surface area contributed by atoms with Crippen LogP contribution in [0.2, 0.25) is 0 Å². The zero-order valence-corrected chi connectivity index (χ0v) is 23.2. The van der Waals surface area contributed by atoms with Gasteiger partial charge < -0.3 is 10.0 Å². The molecule has 4 heterocycles. The number of pyridine rings is 1. The van der Waals surface area contributed by atoms with Crippen LogP contribution in [0, 0.1) is 12.3 Å². The van der Waals surface area contributed by atoms with Gasteiger partial charge in [0.15, 0.2) is 0 Å². The molecule has 2 amide bonds. The van der Waals surface area contributed by atoms with Crippen molar-refractivity contribution < 1.29 is 14.7 Å². The summed E-state index contributed by atoms with van der Waals surface area (Å²) >= 11 is 0. The number of aryl methyl sites for hydroxylation is 2. The Hall–Kier alpha value is -4.61. The Morgan fingerprint density at radius 3 is 2.52 bits per heavy atom. The molecule has 12 heteroatoms. The van der Waals surface area contributed by atoms with Gasteiger partial charge in [0.05, 0.1) is 18.3 Å². The minimum Gasteiger partial charge on any atom is -0.465 e. The summed E-state index contributed by atoms with van der Waals surface area (Å²) in [5.41, 5.74) is 3.24. The standard InChI is InChI=1S/C28H33N9O3/c1-17-8-6-14-29-25(17)37(21-9-7-15-36(27(39)40)23(21)28(2,3)4)26(38)19-12-10-18(11-13-19)20-16-30-35(5)22(20)24-31-33-34-32-24/h6,8,10-14,16,21,23H,7,9,15H2,1-5H3,(H,39,40)(H,31,32,33,34)/t21-,23?/m1/s1. The van der Waals surface area contributed by atoms with Gasteiger partial charge in [-0.05, 0) is 59.7 Å². The van der Waals surface area contributed by atoms with Crippen molar-refractivity contribution in [3.05, 3.63) is 59.9 Å². The van der Waals surface area contributed by atoms with Crippen molar-refractivity contribution in [2.75, 3.05) is 11.4 Å². The molecule has 0 bridgehead atoms. The number of nitrogens with zero attached hydrogens (tertiary/aromatic N) is 8. The molecule has 1 saturated heterocycles. The third-order valence-corrected chi connectivity index (χ3v) is 7.43. The molecule has 0 aliphatic carbocycles. The highest BCUT2D eigenvalue weighted by Crippen LogP contribution is 2.38. The molecule has 5 rings (SSSR count). The summed E-state index contributed by atoms with van der Waals surface area (Å²) in [6.45, 7) is 8.40. The smallest absolute Gasteiger partial charge is 0.407 e. The van der Waals surface area contributed by atoms with Crippen LogP contribution in [-0.2, 0) is 7.05 Å². The molecule has 0 radical (unpaired) electrons. The van der Waals surface area contributed by atoms with Crippen molar-refractivity contribution in [2.45, 2.75) is 52.6 Å². The van der Waals surface area contributed by atoms with E-state index in [1.807, 2.05) is 52.0 Å². The minimum absolute atomic E-state index is 0.232. The summed E-state index contributed by atoms with van der Waals surface area (Å²) in [5.74, 6) is 0.722. The number of aromatic amines is 1. The number of tetrazole rings is 1. The van der Waals surface area contributed by atoms with Crippen LogP contribution in [0.1, 0.15) is 49.5 Å².